The third-order valence-electron chi connectivity index (χ3n) is 5.45. The molecule has 0 unspecified atom stereocenters. The fraction of sp³-hybridized carbons (Fsp3) is 0.261. The number of hydrogen-bond donors (Lipinski definition) is 3. The van der Waals surface area contributed by atoms with Gasteiger partial charge in [0.05, 0.1) is 6.54 Å². The summed E-state index contributed by atoms with van der Waals surface area (Å²) in [6, 6.07) is 16.5. The lowest BCUT2D eigenvalue weighted by molar-refractivity contribution is -0.117. The van der Waals surface area contributed by atoms with Gasteiger partial charge in [0.25, 0.3) is 11.8 Å². The second-order valence-corrected chi connectivity index (χ2v) is 7.54. The Bertz CT molecular complexity index is 1060. The first-order valence-corrected chi connectivity index (χ1v) is 10.2. The zero-order valence-corrected chi connectivity index (χ0v) is 17.4. The van der Waals surface area contributed by atoms with Crippen molar-refractivity contribution >= 4 is 34.3 Å². The molecular formula is C23H25N5O3. The molecule has 4 rings (SSSR count). The van der Waals surface area contributed by atoms with E-state index in [1.54, 1.807) is 31.3 Å². The first-order valence-electron chi connectivity index (χ1n) is 10.2. The van der Waals surface area contributed by atoms with E-state index in [-0.39, 0.29) is 24.3 Å². The molecule has 8 nitrogen and oxygen atoms in total. The van der Waals surface area contributed by atoms with E-state index in [4.69, 9.17) is 0 Å². The molecule has 0 aliphatic carbocycles. The summed E-state index contributed by atoms with van der Waals surface area (Å²) in [5, 5.41) is 6.43. The van der Waals surface area contributed by atoms with Crippen molar-refractivity contribution in [3.8, 4) is 0 Å². The minimum absolute atomic E-state index is 0.0171. The average molecular weight is 419 g/mol. The fourth-order valence-electron chi connectivity index (χ4n) is 3.72. The minimum Gasteiger partial charge on any atom is -0.355 e. The Kier molecular flexibility index (Phi) is 5.99. The fourth-order valence-corrected chi connectivity index (χ4v) is 3.72. The Hall–Kier alpha value is -3.65. The van der Waals surface area contributed by atoms with Crippen LogP contribution in [0.5, 0.6) is 0 Å². The molecule has 2 heterocycles. The van der Waals surface area contributed by atoms with Crippen molar-refractivity contribution in [1.82, 2.24) is 20.1 Å². The lowest BCUT2D eigenvalue weighted by atomic mass is 10.2. The molecule has 31 heavy (non-hydrogen) atoms. The molecule has 1 saturated heterocycles. The van der Waals surface area contributed by atoms with E-state index in [9.17, 15) is 14.4 Å². The van der Waals surface area contributed by atoms with Crippen molar-refractivity contribution in [3.63, 3.8) is 0 Å². The third kappa shape index (κ3) is 4.75. The van der Waals surface area contributed by atoms with Crippen molar-refractivity contribution in [2.75, 3.05) is 45.1 Å². The summed E-state index contributed by atoms with van der Waals surface area (Å²) in [6.45, 7) is 2.67. The molecule has 160 valence electrons. The number of piperazine rings is 1. The van der Waals surface area contributed by atoms with Gasteiger partial charge in [-0.2, -0.15) is 0 Å². The number of anilines is 1. The number of nitrogens with zero attached hydrogens (tertiary/aromatic N) is 2. The predicted molar refractivity (Wildman–Crippen MR) is 119 cm³/mol. The number of hydrogen-bond acceptors (Lipinski definition) is 4. The van der Waals surface area contributed by atoms with E-state index in [1.807, 2.05) is 40.1 Å². The molecule has 0 spiro atoms. The monoisotopic (exact) mass is 419 g/mol. The zero-order chi connectivity index (χ0) is 21.8. The van der Waals surface area contributed by atoms with Gasteiger partial charge in [-0.25, -0.2) is 0 Å². The summed E-state index contributed by atoms with van der Waals surface area (Å²) in [5.74, 6) is -0.308. The topological polar surface area (TPSA) is 97.5 Å². The summed E-state index contributed by atoms with van der Waals surface area (Å²) in [7, 11) is 1.57. The van der Waals surface area contributed by atoms with E-state index in [0.29, 0.717) is 43.1 Å². The zero-order valence-electron chi connectivity index (χ0n) is 17.4. The van der Waals surface area contributed by atoms with Crippen LogP contribution in [0.2, 0.25) is 0 Å². The largest absolute Gasteiger partial charge is 0.355 e. The van der Waals surface area contributed by atoms with Gasteiger partial charge in [-0.15, -0.1) is 0 Å². The summed E-state index contributed by atoms with van der Waals surface area (Å²) in [6.07, 6.45) is 0. The Balaban J connectivity index is 1.27. The van der Waals surface area contributed by atoms with Crippen LogP contribution in [0.4, 0.5) is 5.69 Å². The third-order valence-corrected chi connectivity index (χ3v) is 5.45. The number of para-hydroxylation sites is 1. The van der Waals surface area contributed by atoms with E-state index < -0.39 is 0 Å². The Morgan fingerprint density at radius 2 is 1.68 bits per heavy atom. The standard InChI is InChI=1S/C23H25N5O3/c1-24-22(30)16-6-8-18(9-7-16)25-21(29)15-27-10-12-28(13-11-27)23(31)20-14-17-4-2-3-5-19(17)26-20/h2-9,14,26H,10-13,15H2,1H3,(H,24,30)(H,25,29). The van der Waals surface area contributed by atoms with Crippen LogP contribution in [0.15, 0.2) is 54.6 Å². The van der Waals surface area contributed by atoms with E-state index in [0.717, 1.165) is 10.9 Å². The second-order valence-electron chi connectivity index (χ2n) is 7.54. The summed E-state index contributed by atoms with van der Waals surface area (Å²) in [5.41, 5.74) is 2.72. The number of carbonyl (C=O) groups excluding carboxylic acids is 3. The van der Waals surface area contributed by atoms with Gasteiger partial charge < -0.3 is 20.5 Å². The Labute approximate surface area is 180 Å². The molecule has 1 fully saturated rings. The van der Waals surface area contributed by atoms with Crippen molar-refractivity contribution in [3.05, 3.63) is 65.9 Å². The van der Waals surface area contributed by atoms with Crippen LogP contribution in [-0.4, -0.2) is 72.3 Å². The summed E-state index contributed by atoms with van der Waals surface area (Å²) in [4.78, 5) is 43.8. The van der Waals surface area contributed by atoms with Crippen LogP contribution in [0.1, 0.15) is 20.8 Å². The minimum atomic E-state index is -0.169. The smallest absolute Gasteiger partial charge is 0.270 e. The van der Waals surface area contributed by atoms with Crippen LogP contribution in [-0.2, 0) is 4.79 Å². The predicted octanol–water partition coefficient (Wildman–Crippen LogP) is 1.92. The number of H-pyrrole nitrogens is 1. The quantitative estimate of drug-likeness (QED) is 0.589. The average Bonchev–Trinajstić information content (AvgIpc) is 3.23. The number of rotatable bonds is 5. The molecule has 3 amide bonds. The maximum absolute atomic E-state index is 12.8. The van der Waals surface area contributed by atoms with Crippen molar-refractivity contribution in [2.24, 2.45) is 0 Å². The van der Waals surface area contributed by atoms with Crippen LogP contribution in [0.3, 0.4) is 0 Å². The molecule has 1 aliphatic heterocycles. The lowest BCUT2D eigenvalue weighted by Gasteiger charge is -2.34. The summed E-state index contributed by atoms with van der Waals surface area (Å²) >= 11 is 0. The maximum atomic E-state index is 12.8. The van der Waals surface area contributed by atoms with Gasteiger partial charge in [0.15, 0.2) is 0 Å². The van der Waals surface area contributed by atoms with Gasteiger partial charge in [-0.1, -0.05) is 18.2 Å². The lowest BCUT2D eigenvalue weighted by Crippen LogP contribution is -2.50. The van der Waals surface area contributed by atoms with Crippen molar-refractivity contribution < 1.29 is 14.4 Å². The highest BCUT2D eigenvalue weighted by molar-refractivity contribution is 5.98. The second kappa shape index (κ2) is 9.01. The number of amides is 3. The normalized spacial score (nSPS) is 14.4. The maximum Gasteiger partial charge on any atom is 0.270 e. The molecule has 8 heteroatoms. The van der Waals surface area contributed by atoms with Crippen LogP contribution in [0, 0.1) is 0 Å². The van der Waals surface area contributed by atoms with Gasteiger partial charge >= 0.3 is 0 Å². The molecule has 3 N–H and O–H groups in total. The highest BCUT2D eigenvalue weighted by atomic mass is 16.2. The van der Waals surface area contributed by atoms with Gasteiger partial charge in [-0.05, 0) is 36.4 Å². The molecule has 2 aromatic carbocycles. The molecule has 0 radical (unpaired) electrons. The molecule has 0 bridgehead atoms. The van der Waals surface area contributed by atoms with Crippen molar-refractivity contribution in [1.29, 1.82) is 0 Å². The van der Waals surface area contributed by atoms with Gasteiger partial charge in [0, 0.05) is 55.4 Å². The van der Waals surface area contributed by atoms with Crippen LogP contribution in [0.25, 0.3) is 10.9 Å². The number of aromatic amines is 1. The molecular weight excluding hydrogens is 394 g/mol. The SMILES string of the molecule is CNC(=O)c1ccc(NC(=O)CN2CCN(C(=O)c3cc4ccccc4[nH]3)CC2)cc1. The van der Waals surface area contributed by atoms with Crippen molar-refractivity contribution in [2.45, 2.75) is 0 Å². The number of aromatic nitrogens is 1. The highest BCUT2D eigenvalue weighted by Gasteiger charge is 2.24. The molecule has 0 saturated carbocycles. The van der Waals surface area contributed by atoms with Crippen LogP contribution >= 0.6 is 0 Å². The molecule has 1 aliphatic rings. The van der Waals surface area contributed by atoms with Gasteiger partial charge in [0.2, 0.25) is 5.91 Å². The van der Waals surface area contributed by atoms with E-state index in [2.05, 4.69) is 15.6 Å². The number of fused-ring (bicyclic) bond motifs is 1. The van der Waals surface area contributed by atoms with Gasteiger partial charge in [-0.3, -0.25) is 19.3 Å². The molecule has 0 atom stereocenters. The first kappa shape index (κ1) is 20.6. The first-order chi connectivity index (χ1) is 15.0. The van der Waals surface area contributed by atoms with Crippen LogP contribution < -0.4 is 10.6 Å². The molecule has 1 aromatic heterocycles. The number of benzene rings is 2. The summed E-state index contributed by atoms with van der Waals surface area (Å²) < 4.78 is 0. The highest BCUT2D eigenvalue weighted by Crippen LogP contribution is 2.17. The number of carbonyl (C=O) groups is 3. The van der Waals surface area contributed by atoms with E-state index in [1.165, 1.54) is 0 Å². The van der Waals surface area contributed by atoms with E-state index >= 15 is 0 Å². The Morgan fingerprint density at radius 1 is 0.968 bits per heavy atom. The molecule has 3 aromatic rings. The Morgan fingerprint density at radius 3 is 2.35 bits per heavy atom. The number of nitrogens with one attached hydrogen (secondary N) is 3. The van der Waals surface area contributed by atoms with Gasteiger partial charge in [0.1, 0.15) is 5.69 Å².